The molecule has 0 saturated heterocycles. The van der Waals surface area contributed by atoms with Gasteiger partial charge in [0.1, 0.15) is 12.1 Å². The lowest BCUT2D eigenvalue weighted by atomic mass is 9.82. The highest BCUT2D eigenvalue weighted by Gasteiger charge is 2.38. The molecule has 8 nitrogen and oxygen atoms in total. The summed E-state index contributed by atoms with van der Waals surface area (Å²) in [4.78, 5) is 27.2. The van der Waals surface area contributed by atoms with Crippen LogP contribution in [0.2, 0.25) is 0 Å². The van der Waals surface area contributed by atoms with Crippen molar-refractivity contribution in [2.75, 3.05) is 5.75 Å². The summed E-state index contributed by atoms with van der Waals surface area (Å²) in [6.45, 7) is 4.80. The molecule has 0 radical (unpaired) electrons. The molecule has 0 aromatic heterocycles. The molecule has 0 bridgehead atoms. The van der Waals surface area contributed by atoms with E-state index in [1.165, 1.54) is 6.42 Å². The number of terminal acetylenes is 1. The minimum atomic E-state index is -3.65. The minimum absolute atomic E-state index is 0.0987. The van der Waals surface area contributed by atoms with Crippen LogP contribution in [0.25, 0.3) is 0 Å². The molecular weight excluding hydrogens is 552 g/mol. The Labute approximate surface area is 252 Å². The first kappa shape index (κ1) is 34.1. The van der Waals surface area contributed by atoms with Gasteiger partial charge in [-0.2, -0.15) is 0 Å². The lowest BCUT2D eigenvalue weighted by Gasteiger charge is -2.33. The number of benzene rings is 1. The fraction of sp³-hybridized carbons (Fsp3) is 0.697. The van der Waals surface area contributed by atoms with Gasteiger partial charge in [0, 0.05) is 6.42 Å². The average Bonchev–Trinajstić information content (AvgIpc) is 3.76. The Bertz CT molecular complexity index is 1160. The molecule has 2 aliphatic carbocycles. The number of rotatable bonds is 15. The summed E-state index contributed by atoms with van der Waals surface area (Å²) in [5, 5.41) is 27.5. The van der Waals surface area contributed by atoms with Gasteiger partial charge in [-0.3, -0.25) is 9.59 Å². The second-order valence-electron chi connectivity index (χ2n) is 13.3. The van der Waals surface area contributed by atoms with Gasteiger partial charge >= 0.3 is 0 Å². The van der Waals surface area contributed by atoms with Gasteiger partial charge in [0.25, 0.3) is 0 Å². The van der Waals surface area contributed by atoms with E-state index in [9.17, 15) is 28.2 Å². The number of sulfone groups is 1. The van der Waals surface area contributed by atoms with E-state index in [1.807, 2.05) is 30.3 Å². The molecule has 9 heteroatoms. The van der Waals surface area contributed by atoms with Crippen molar-refractivity contribution in [2.24, 2.45) is 17.8 Å². The summed E-state index contributed by atoms with van der Waals surface area (Å²) < 4.78 is 25.2. The standard InChI is InChI=1S/C33H50N2O6S/c1-5-12-27(34-31(38)26(19-23-13-8-6-9-14-23)22-42(40,41)33(2,3)4)32(39)35-28(20-24-15-10-7-11-16-24)30(37)29(36)21-25-17-18-25/h1,6,8-9,13-14,24-30,36-37H,7,10-12,15-22H2,2-4H3,(H,34,38)(H,35,39)/t26-,27+,28+,29+,30-/m1/s1. The third-order valence-electron chi connectivity index (χ3n) is 8.72. The summed E-state index contributed by atoms with van der Waals surface area (Å²) in [5.74, 6) is 0.751. The lowest BCUT2D eigenvalue weighted by Crippen LogP contribution is -2.56. The van der Waals surface area contributed by atoms with Crippen molar-refractivity contribution < 1.29 is 28.2 Å². The molecule has 2 amide bonds. The Kier molecular flexibility index (Phi) is 12.5. The van der Waals surface area contributed by atoms with E-state index in [4.69, 9.17) is 6.42 Å². The lowest BCUT2D eigenvalue weighted by molar-refractivity contribution is -0.132. The molecule has 2 aliphatic rings. The molecule has 1 aromatic rings. The minimum Gasteiger partial charge on any atom is -0.390 e. The van der Waals surface area contributed by atoms with Crippen LogP contribution < -0.4 is 10.6 Å². The Morgan fingerprint density at radius 3 is 2.14 bits per heavy atom. The molecular formula is C33H50N2O6S. The highest BCUT2D eigenvalue weighted by atomic mass is 32.2. The van der Waals surface area contributed by atoms with Crippen LogP contribution in [0.1, 0.15) is 90.5 Å². The van der Waals surface area contributed by atoms with Gasteiger partial charge < -0.3 is 20.8 Å². The number of hydrogen-bond acceptors (Lipinski definition) is 6. The van der Waals surface area contributed by atoms with Crippen molar-refractivity contribution in [3.63, 3.8) is 0 Å². The third kappa shape index (κ3) is 10.4. The molecule has 0 unspecified atom stereocenters. The first-order chi connectivity index (χ1) is 19.8. The van der Waals surface area contributed by atoms with Gasteiger partial charge in [-0.15, -0.1) is 12.3 Å². The molecule has 0 heterocycles. The Balaban J connectivity index is 1.77. The Morgan fingerprint density at radius 2 is 1.57 bits per heavy atom. The number of nitrogens with one attached hydrogen (secondary N) is 2. The van der Waals surface area contributed by atoms with Crippen LogP contribution in [0.5, 0.6) is 0 Å². The molecule has 42 heavy (non-hydrogen) atoms. The van der Waals surface area contributed by atoms with Gasteiger partial charge in [-0.1, -0.05) is 75.3 Å². The molecule has 0 spiro atoms. The second kappa shape index (κ2) is 15.4. The third-order valence-corrected chi connectivity index (χ3v) is 11.4. The van der Waals surface area contributed by atoms with Crippen molar-refractivity contribution in [3.05, 3.63) is 35.9 Å². The van der Waals surface area contributed by atoms with E-state index >= 15 is 0 Å². The van der Waals surface area contributed by atoms with E-state index in [1.54, 1.807) is 20.8 Å². The SMILES string of the molecule is C#CC[C@H](NC(=O)[C@H](Cc1ccccc1)CS(=O)(=O)C(C)(C)C)C(=O)N[C@@H](CC1CCCCC1)[C@@H](O)[C@@H](O)CC1CC1. The van der Waals surface area contributed by atoms with Gasteiger partial charge in [0.15, 0.2) is 9.84 Å². The fourth-order valence-corrected chi connectivity index (χ4v) is 7.01. The summed E-state index contributed by atoms with van der Waals surface area (Å²) >= 11 is 0. The molecule has 2 saturated carbocycles. The maximum Gasteiger partial charge on any atom is 0.243 e. The van der Waals surface area contributed by atoms with Crippen LogP contribution in [0.15, 0.2) is 30.3 Å². The highest BCUT2D eigenvalue weighted by Crippen LogP contribution is 2.35. The van der Waals surface area contributed by atoms with Gasteiger partial charge in [-0.25, -0.2) is 8.42 Å². The maximum absolute atomic E-state index is 13.6. The van der Waals surface area contributed by atoms with Crippen LogP contribution in [-0.2, 0) is 25.8 Å². The maximum atomic E-state index is 13.6. The number of aliphatic hydroxyl groups excluding tert-OH is 2. The normalized spacial score (nSPS) is 20.0. The molecule has 5 atom stereocenters. The number of carbonyl (C=O) groups is 2. The molecule has 4 N–H and O–H groups in total. The smallest absolute Gasteiger partial charge is 0.243 e. The number of aliphatic hydroxyl groups is 2. The molecule has 1 aromatic carbocycles. The summed E-state index contributed by atoms with van der Waals surface area (Å²) in [6.07, 6.45) is 12.1. The first-order valence-electron chi connectivity index (χ1n) is 15.5. The van der Waals surface area contributed by atoms with Crippen LogP contribution in [0, 0.1) is 30.1 Å². The predicted molar refractivity (Wildman–Crippen MR) is 165 cm³/mol. The number of amides is 2. The summed E-state index contributed by atoms with van der Waals surface area (Å²) in [7, 11) is -3.65. The van der Waals surface area contributed by atoms with E-state index in [0.29, 0.717) is 24.7 Å². The Hall–Kier alpha value is -2.41. The number of hydrogen-bond donors (Lipinski definition) is 4. The molecule has 234 valence electrons. The van der Waals surface area contributed by atoms with Crippen molar-refractivity contribution in [1.82, 2.24) is 10.6 Å². The van der Waals surface area contributed by atoms with Crippen molar-refractivity contribution in [2.45, 2.75) is 120 Å². The van der Waals surface area contributed by atoms with Gasteiger partial charge in [-0.05, 0) is 57.4 Å². The van der Waals surface area contributed by atoms with Crippen LogP contribution >= 0.6 is 0 Å². The average molecular weight is 603 g/mol. The summed E-state index contributed by atoms with van der Waals surface area (Å²) in [5.41, 5.74) is 0.806. The van der Waals surface area contributed by atoms with Crippen molar-refractivity contribution in [3.8, 4) is 12.3 Å². The molecule has 2 fully saturated rings. The Morgan fingerprint density at radius 1 is 0.952 bits per heavy atom. The first-order valence-corrected chi connectivity index (χ1v) is 17.1. The fourth-order valence-electron chi connectivity index (χ4n) is 5.71. The number of carbonyl (C=O) groups excluding carboxylic acids is 2. The zero-order valence-corrected chi connectivity index (χ0v) is 26.2. The second-order valence-corrected chi connectivity index (χ2v) is 16.1. The van der Waals surface area contributed by atoms with Crippen molar-refractivity contribution >= 4 is 21.7 Å². The summed E-state index contributed by atoms with van der Waals surface area (Å²) in [6, 6.07) is 7.36. The molecule has 3 rings (SSSR count). The molecule has 0 aliphatic heterocycles. The van der Waals surface area contributed by atoms with Gasteiger partial charge in [0.2, 0.25) is 11.8 Å². The largest absolute Gasteiger partial charge is 0.390 e. The van der Waals surface area contributed by atoms with Crippen LogP contribution in [-0.4, -0.2) is 65.2 Å². The van der Waals surface area contributed by atoms with E-state index in [0.717, 1.165) is 44.1 Å². The van der Waals surface area contributed by atoms with E-state index < -0.39 is 56.6 Å². The highest BCUT2D eigenvalue weighted by molar-refractivity contribution is 7.92. The zero-order valence-electron chi connectivity index (χ0n) is 25.4. The zero-order chi connectivity index (χ0) is 30.9. The monoisotopic (exact) mass is 602 g/mol. The van der Waals surface area contributed by atoms with Crippen LogP contribution in [0.3, 0.4) is 0 Å². The van der Waals surface area contributed by atoms with Gasteiger partial charge in [0.05, 0.1) is 28.6 Å². The predicted octanol–water partition coefficient (Wildman–Crippen LogP) is 3.54. The van der Waals surface area contributed by atoms with Crippen molar-refractivity contribution in [1.29, 1.82) is 0 Å². The van der Waals surface area contributed by atoms with E-state index in [-0.39, 0.29) is 18.6 Å². The topological polar surface area (TPSA) is 133 Å². The quantitative estimate of drug-likeness (QED) is 0.227. The van der Waals surface area contributed by atoms with Crippen LogP contribution in [0.4, 0.5) is 0 Å². The van der Waals surface area contributed by atoms with E-state index in [2.05, 4.69) is 16.6 Å².